The molecule has 1 unspecified atom stereocenters. The van der Waals surface area contributed by atoms with E-state index in [0.29, 0.717) is 42.2 Å². The Morgan fingerprint density at radius 2 is 1.78 bits per heavy atom. The van der Waals surface area contributed by atoms with Crippen LogP contribution in [0.25, 0.3) is 0 Å². The van der Waals surface area contributed by atoms with Gasteiger partial charge in [-0.1, -0.05) is 57.2 Å². The van der Waals surface area contributed by atoms with Crippen LogP contribution < -0.4 is 10.6 Å². The number of hydrogen-bond donors (Lipinski definition) is 2. The summed E-state index contributed by atoms with van der Waals surface area (Å²) in [5, 5.41) is 5.73. The molecule has 2 N–H and O–H groups in total. The molecule has 3 aromatic rings. The molecule has 0 radical (unpaired) electrons. The van der Waals surface area contributed by atoms with Crippen molar-refractivity contribution in [3.05, 3.63) is 76.2 Å². The molecular weight excluding hydrogens is 558 g/mol. The molecule has 0 saturated heterocycles. The number of ether oxygens (including phenoxy) is 1. The van der Waals surface area contributed by atoms with Gasteiger partial charge in [-0.2, -0.15) is 0 Å². The van der Waals surface area contributed by atoms with Gasteiger partial charge >= 0.3 is 5.97 Å². The molecule has 10 heteroatoms. The largest absolute Gasteiger partial charge is 0.465 e. The van der Waals surface area contributed by atoms with E-state index < -0.39 is 11.2 Å². The van der Waals surface area contributed by atoms with Crippen molar-refractivity contribution in [1.29, 1.82) is 0 Å². The molecule has 2 heterocycles. The number of thiophene rings is 1. The highest BCUT2D eigenvalue weighted by molar-refractivity contribution is 8.00. The number of rotatable bonds is 8. The molecule has 0 saturated carbocycles. The molecule has 0 bridgehead atoms. The van der Waals surface area contributed by atoms with E-state index in [1.165, 1.54) is 37.1 Å². The Labute approximate surface area is 248 Å². The predicted octanol–water partition coefficient (Wildman–Crippen LogP) is 6.29. The summed E-state index contributed by atoms with van der Waals surface area (Å²) in [6.45, 7) is 8.45. The van der Waals surface area contributed by atoms with Crippen LogP contribution in [0, 0.1) is 5.41 Å². The van der Waals surface area contributed by atoms with Gasteiger partial charge < -0.3 is 20.3 Å². The Morgan fingerprint density at radius 3 is 2.44 bits per heavy atom. The maximum Gasteiger partial charge on any atom is 0.341 e. The molecule has 3 amide bonds. The zero-order valence-electron chi connectivity index (χ0n) is 23.9. The predicted molar refractivity (Wildman–Crippen MR) is 163 cm³/mol. The fourth-order valence-electron chi connectivity index (χ4n) is 4.63. The highest BCUT2D eigenvalue weighted by atomic mass is 32.2. The molecule has 0 spiro atoms. The van der Waals surface area contributed by atoms with Crippen molar-refractivity contribution < 1.29 is 23.9 Å². The van der Waals surface area contributed by atoms with Crippen LogP contribution in [-0.2, 0) is 32.1 Å². The molecule has 41 heavy (non-hydrogen) atoms. The minimum atomic E-state index is -0.643. The van der Waals surface area contributed by atoms with Crippen LogP contribution in [0.5, 0.6) is 0 Å². The standard InChI is InChI=1S/C31H35N3O5S2/c1-19(35)34-15-14-23-24(18-34)41-29(26(23)30(38)39-5)33-28(37)27(20-10-7-6-8-11-20)40-22-13-9-12-21(16-22)32-25(36)17-31(2,3)4/h6-13,16,27H,14-15,17-18H2,1-5H3,(H,32,36)(H,33,37). The van der Waals surface area contributed by atoms with Gasteiger partial charge in [0.1, 0.15) is 10.3 Å². The van der Waals surface area contributed by atoms with Gasteiger partial charge in [0.15, 0.2) is 0 Å². The average molecular weight is 594 g/mol. The van der Waals surface area contributed by atoms with Gasteiger partial charge in [0, 0.05) is 35.3 Å². The Bertz CT molecular complexity index is 1450. The topological polar surface area (TPSA) is 105 Å². The molecule has 216 valence electrons. The molecule has 4 rings (SSSR count). The Kier molecular flexibility index (Phi) is 9.55. The highest BCUT2D eigenvalue weighted by Gasteiger charge is 2.32. The molecule has 1 aromatic heterocycles. The third-order valence-corrected chi connectivity index (χ3v) is 8.91. The van der Waals surface area contributed by atoms with Crippen molar-refractivity contribution in [3.63, 3.8) is 0 Å². The van der Waals surface area contributed by atoms with Crippen LogP contribution in [-0.4, -0.2) is 42.2 Å². The first-order chi connectivity index (χ1) is 19.4. The lowest BCUT2D eigenvalue weighted by molar-refractivity contribution is -0.129. The van der Waals surface area contributed by atoms with E-state index >= 15 is 0 Å². The van der Waals surface area contributed by atoms with Crippen LogP contribution in [0.1, 0.15) is 65.7 Å². The number of thioether (sulfide) groups is 1. The van der Waals surface area contributed by atoms with E-state index in [4.69, 9.17) is 4.74 Å². The van der Waals surface area contributed by atoms with Gasteiger partial charge in [-0.25, -0.2) is 4.79 Å². The number of carbonyl (C=O) groups excluding carboxylic acids is 4. The van der Waals surface area contributed by atoms with Crippen LogP contribution >= 0.6 is 23.1 Å². The van der Waals surface area contributed by atoms with Gasteiger partial charge in [-0.15, -0.1) is 23.1 Å². The Morgan fingerprint density at radius 1 is 1.05 bits per heavy atom. The first kappa shape index (κ1) is 30.3. The van der Waals surface area contributed by atoms with Gasteiger partial charge in [0.2, 0.25) is 17.7 Å². The fourth-order valence-corrected chi connectivity index (χ4v) is 6.96. The summed E-state index contributed by atoms with van der Waals surface area (Å²) >= 11 is 2.66. The van der Waals surface area contributed by atoms with Crippen molar-refractivity contribution >= 4 is 57.5 Å². The van der Waals surface area contributed by atoms with E-state index in [1.54, 1.807) is 4.90 Å². The van der Waals surface area contributed by atoms with Gasteiger partial charge in [0.25, 0.3) is 0 Å². The van der Waals surface area contributed by atoms with Crippen molar-refractivity contribution in [2.75, 3.05) is 24.3 Å². The molecular formula is C31H35N3O5S2. The second-order valence-corrected chi connectivity index (χ2v) is 13.4. The van der Waals surface area contributed by atoms with E-state index in [2.05, 4.69) is 10.6 Å². The summed E-state index contributed by atoms with van der Waals surface area (Å²) < 4.78 is 5.07. The minimum Gasteiger partial charge on any atom is -0.465 e. The number of esters is 1. The van der Waals surface area contributed by atoms with E-state index in [1.807, 2.05) is 75.4 Å². The molecule has 8 nitrogen and oxygen atoms in total. The summed E-state index contributed by atoms with van der Waals surface area (Å²) in [4.78, 5) is 54.6. The fraction of sp³-hybridized carbons (Fsp3) is 0.355. The number of methoxy groups -OCH3 is 1. The SMILES string of the molecule is COC(=O)c1c(NC(=O)C(Sc2cccc(NC(=O)CC(C)(C)C)c2)c2ccccc2)sc2c1CCN(C(C)=O)C2. The van der Waals surface area contributed by atoms with Crippen molar-refractivity contribution in [1.82, 2.24) is 4.90 Å². The first-order valence-electron chi connectivity index (χ1n) is 13.4. The molecule has 1 aliphatic rings. The maximum absolute atomic E-state index is 13.9. The number of nitrogens with one attached hydrogen (secondary N) is 2. The minimum absolute atomic E-state index is 0.0355. The van der Waals surface area contributed by atoms with Crippen LogP contribution in [0.15, 0.2) is 59.5 Å². The lowest BCUT2D eigenvalue weighted by atomic mass is 9.92. The number of benzene rings is 2. The molecule has 0 fully saturated rings. The number of carbonyl (C=O) groups is 4. The Balaban J connectivity index is 1.61. The van der Waals surface area contributed by atoms with E-state index in [9.17, 15) is 19.2 Å². The van der Waals surface area contributed by atoms with Gasteiger partial charge in [0.05, 0.1) is 19.2 Å². The smallest absolute Gasteiger partial charge is 0.341 e. The Hall–Kier alpha value is -3.63. The molecule has 2 aromatic carbocycles. The van der Waals surface area contributed by atoms with Crippen LogP contribution in [0.2, 0.25) is 0 Å². The van der Waals surface area contributed by atoms with Crippen molar-refractivity contribution in [2.24, 2.45) is 5.41 Å². The summed E-state index contributed by atoms with van der Waals surface area (Å²) in [5.74, 6) is -0.920. The maximum atomic E-state index is 13.9. The first-order valence-corrected chi connectivity index (χ1v) is 15.1. The molecule has 0 aliphatic carbocycles. The lowest BCUT2D eigenvalue weighted by Gasteiger charge is -2.25. The monoisotopic (exact) mass is 593 g/mol. The molecule has 1 atom stereocenters. The van der Waals surface area contributed by atoms with E-state index in [-0.39, 0.29) is 23.1 Å². The quantitative estimate of drug-likeness (QED) is 0.235. The van der Waals surface area contributed by atoms with Crippen LogP contribution in [0.3, 0.4) is 0 Å². The van der Waals surface area contributed by atoms with Gasteiger partial charge in [-0.3, -0.25) is 14.4 Å². The summed E-state index contributed by atoms with van der Waals surface area (Å²) in [6.07, 6.45) is 0.896. The highest BCUT2D eigenvalue weighted by Crippen LogP contribution is 2.41. The average Bonchev–Trinajstić information content (AvgIpc) is 3.27. The zero-order valence-corrected chi connectivity index (χ0v) is 25.5. The van der Waals surface area contributed by atoms with Crippen LogP contribution in [0.4, 0.5) is 10.7 Å². The van der Waals surface area contributed by atoms with Crippen molar-refractivity contribution in [2.45, 2.75) is 57.2 Å². The lowest BCUT2D eigenvalue weighted by Crippen LogP contribution is -2.33. The van der Waals surface area contributed by atoms with E-state index in [0.717, 1.165) is 20.9 Å². The summed E-state index contributed by atoms with van der Waals surface area (Å²) in [7, 11) is 1.32. The number of fused-ring (bicyclic) bond motifs is 1. The normalized spacial score (nSPS) is 13.6. The third kappa shape index (κ3) is 7.77. The molecule has 1 aliphatic heterocycles. The second-order valence-electron chi connectivity index (χ2n) is 11.1. The number of anilines is 2. The van der Waals surface area contributed by atoms with Gasteiger partial charge in [-0.05, 0) is 41.2 Å². The number of nitrogens with zero attached hydrogens (tertiary/aromatic N) is 1. The number of hydrogen-bond acceptors (Lipinski definition) is 7. The second kappa shape index (κ2) is 12.9. The zero-order chi connectivity index (χ0) is 29.7. The summed E-state index contributed by atoms with van der Waals surface area (Å²) in [5.41, 5.74) is 2.48. The van der Waals surface area contributed by atoms with Crippen molar-refractivity contribution in [3.8, 4) is 0 Å². The summed E-state index contributed by atoms with van der Waals surface area (Å²) in [6, 6.07) is 16.8. The third-order valence-electron chi connectivity index (χ3n) is 6.53. The number of amides is 3.